The van der Waals surface area contributed by atoms with E-state index in [-0.39, 0.29) is 37.8 Å². The molecule has 0 aliphatic carbocycles. The SMILES string of the molecule is CN(C)c1ncc(-c2c(Cl)cc(S(N)(=O)=O)cc2Cl)c2nc(Cc3ccc(Cl)c(Cl)c3)[nH]c(=O)c12. The Morgan fingerprint density at radius 1 is 1.00 bits per heavy atom. The van der Waals surface area contributed by atoms with Gasteiger partial charge in [-0.05, 0) is 29.8 Å². The number of nitrogens with zero attached hydrogens (tertiary/aromatic N) is 3. The van der Waals surface area contributed by atoms with Crippen LogP contribution in [0.1, 0.15) is 11.4 Å². The van der Waals surface area contributed by atoms with Crippen LogP contribution in [0, 0.1) is 0 Å². The number of benzene rings is 2. The van der Waals surface area contributed by atoms with E-state index < -0.39 is 15.6 Å². The van der Waals surface area contributed by atoms with Crippen molar-refractivity contribution in [3.63, 3.8) is 0 Å². The first kappa shape index (κ1) is 25.7. The molecule has 4 aromatic rings. The summed E-state index contributed by atoms with van der Waals surface area (Å²) >= 11 is 25.0. The number of anilines is 1. The number of H-pyrrole nitrogens is 1. The van der Waals surface area contributed by atoms with Gasteiger partial charge in [0.25, 0.3) is 5.56 Å². The Morgan fingerprint density at radius 2 is 1.66 bits per heavy atom. The molecule has 0 amide bonds. The molecule has 0 aliphatic heterocycles. The van der Waals surface area contributed by atoms with E-state index in [0.717, 1.165) is 5.56 Å². The zero-order valence-corrected chi connectivity index (χ0v) is 22.1. The molecule has 0 unspecified atom stereocenters. The predicted molar refractivity (Wildman–Crippen MR) is 141 cm³/mol. The van der Waals surface area contributed by atoms with Gasteiger partial charge in [-0.15, -0.1) is 0 Å². The quantitative estimate of drug-likeness (QED) is 0.350. The number of rotatable bonds is 5. The number of pyridine rings is 1. The second kappa shape index (κ2) is 9.57. The van der Waals surface area contributed by atoms with Crippen LogP contribution in [0.3, 0.4) is 0 Å². The first-order chi connectivity index (χ1) is 16.4. The monoisotopic (exact) mass is 571 g/mol. The lowest BCUT2D eigenvalue weighted by molar-refractivity contribution is 0.598. The predicted octanol–water partition coefficient (Wildman–Crippen LogP) is 4.90. The number of sulfonamides is 1. The van der Waals surface area contributed by atoms with Gasteiger partial charge in [-0.1, -0.05) is 52.5 Å². The van der Waals surface area contributed by atoms with Gasteiger partial charge >= 0.3 is 0 Å². The van der Waals surface area contributed by atoms with Crippen molar-refractivity contribution in [1.29, 1.82) is 0 Å². The molecule has 2 aromatic heterocycles. The van der Waals surface area contributed by atoms with Gasteiger partial charge in [-0.25, -0.2) is 23.5 Å². The fraction of sp³-hybridized carbons (Fsp3) is 0.136. The highest BCUT2D eigenvalue weighted by atomic mass is 35.5. The Bertz CT molecular complexity index is 1630. The van der Waals surface area contributed by atoms with Crippen LogP contribution >= 0.6 is 46.4 Å². The average Bonchev–Trinajstić information content (AvgIpc) is 2.75. The number of aromatic nitrogens is 3. The van der Waals surface area contributed by atoms with Crippen LogP contribution in [0.5, 0.6) is 0 Å². The molecule has 2 aromatic carbocycles. The zero-order valence-electron chi connectivity index (χ0n) is 18.2. The molecule has 3 N–H and O–H groups in total. The Hall–Kier alpha value is -2.40. The van der Waals surface area contributed by atoms with Gasteiger partial charge in [0.15, 0.2) is 0 Å². The van der Waals surface area contributed by atoms with E-state index in [1.54, 1.807) is 37.2 Å². The standard InChI is InChI=1S/C22H17Cl4N5O3S/c1-31(2)21-19-20(29-17(30-22(19)32)6-10-3-4-13(23)14(24)5-10)12(9-28-21)18-15(25)7-11(8-16(18)26)35(27,33)34/h3-5,7-9H,6H2,1-2H3,(H2,27,33,34)(H,29,30,32). The zero-order chi connectivity index (χ0) is 25.7. The number of halogens is 4. The second-order valence-electron chi connectivity index (χ2n) is 7.86. The Kier molecular flexibility index (Phi) is 7.02. The van der Waals surface area contributed by atoms with Crippen LogP contribution in [0.2, 0.25) is 20.1 Å². The van der Waals surface area contributed by atoms with Gasteiger partial charge in [-0.2, -0.15) is 0 Å². The minimum atomic E-state index is -4.04. The molecule has 8 nitrogen and oxygen atoms in total. The van der Waals surface area contributed by atoms with E-state index in [0.29, 0.717) is 27.3 Å². The van der Waals surface area contributed by atoms with Crippen molar-refractivity contribution in [3.05, 3.63) is 78.4 Å². The summed E-state index contributed by atoms with van der Waals surface area (Å²) in [7, 11) is -0.561. The summed E-state index contributed by atoms with van der Waals surface area (Å²) in [4.78, 5) is 26.5. The maximum absolute atomic E-state index is 13.2. The fourth-order valence-corrected chi connectivity index (χ4v) is 5.30. The molecule has 0 fully saturated rings. The Labute approximate surface area is 220 Å². The molecule has 0 saturated carbocycles. The summed E-state index contributed by atoms with van der Waals surface area (Å²) in [6.07, 6.45) is 1.74. The Morgan fingerprint density at radius 3 is 2.23 bits per heavy atom. The Balaban J connectivity index is 1.99. The number of aromatic amines is 1. The number of nitrogens with one attached hydrogen (secondary N) is 1. The average molecular weight is 573 g/mol. The highest BCUT2D eigenvalue weighted by Gasteiger charge is 2.22. The van der Waals surface area contributed by atoms with Crippen LogP contribution in [0.25, 0.3) is 22.0 Å². The lowest BCUT2D eigenvalue weighted by Gasteiger charge is -2.17. The molecule has 4 rings (SSSR count). The van der Waals surface area contributed by atoms with Crippen molar-refractivity contribution < 1.29 is 8.42 Å². The number of primary sulfonamides is 1. The third-order valence-corrected chi connectivity index (χ3v) is 7.38. The first-order valence-corrected chi connectivity index (χ1v) is 13.0. The lowest BCUT2D eigenvalue weighted by atomic mass is 10.0. The molecular weight excluding hydrogens is 556 g/mol. The molecular formula is C22H17Cl4N5O3S. The van der Waals surface area contributed by atoms with Crippen molar-refractivity contribution in [2.75, 3.05) is 19.0 Å². The van der Waals surface area contributed by atoms with E-state index in [9.17, 15) is 13.2 Å². The van der Waals surface area contributed by atoms with Gasteiger partial charge in [0, 0.05) is 37.8 Å². The summed E-state index contributed by atoms with van der Waals surface area (Å²) in [5, 5.41) is 6.24. The molecule has 0 bridgehead atoms. The van der Waals surface area contributed by atoms with Crippen molar-refractivity contribution in [2.24, 2.45) is 5.14 Å². The maximum atomic E-state index is 13.2. The van der Waals surface area contributed by atoms with E-state index in [1.165, 1.54) is 18.3 Å². The van der Waals surface area contributed by atoms with Gasteiger partial charge in [0.05, 0.1) is 30.5 Å². The summed E-state index contributed by atoms with van der Waals surface area (Å²) in [6, 6.07) is 7.50. The molecule has 13 heteroatoms. The van der Waals surface area contributed by atoms with Crippen LogP contribution in [-0.2, 0) is 16.4 Å². The number of hydrogen-bond acceptors (Lipinski definition) is 6. The van der Waals surface area contributed by atoms with Crippen LogP contribution in [0.4, 0.5) is 5.82 Å². The molecule has 0 spiro atoms. The summed E-state index contributed by atoms with van der Waals surface area (Å²) < 4.78 is 23.6. The molecule has 182 valence electrons. The van der Waals surface area contributed by atoms with E-state index in [2.05, 4.69) is 9.97 Å². The summed E-state index contributed by atoms with van der Waals surface area (Å²) in [6.45, 7) is 0. The van der Waals surface area contributed by atoms with Gasteiger partial charge in [0.1, 0.15) is 17.0 Å². The fourth-order valence-electron chi connectivity index (χ4n) is 3.59. The minimum Gasteiger partial charge on any atom is -0.362 e. The highest BCUT2D eigenvalue weighted by molar-refractivity contribution is 7.89. The minimum absolute atomic E-state index is 0.00958. The molecule has 0 atom stereocenters. The highest BCUT2D eigenvalue weighted by Crippen LogP contribution is 2.40. The van der Waals surface area contributed by atoms with Crippen molar-refractivity contribution in [3.8, 4) is 11.1 Å². The summed E-state index contributed by atoms with van der Waals surface area (Å²) in [5.74, 6) is 0.735. The summed E-state index contributed by atoms with van der Waals surface area (Å²) in [5.41, 5.74) is 1.26. The van der Waals surface area contributed by atoms with Crippen LogP contribution < -0.4 is 15.6 Å². The van der Waals surface area contributed by atoms with E-state index in [1.807, 2.05) is 0 Å². The van der Waals surface area contributed by atoms with Crippen molar-refractivity contribution in [2.45, 2.75) is 11.3 Å². The van der Waals surface area contributed by atoms with E-state index in [4.69, 9.17) is 56.5 Å². The third-order valence-electron chi connectivity index (χ3n) is 5.16. The normalized spacial score (nSPS) is 11.7. The molecule has 35 heavy (non-hydrogen) atoms. The molecule has 0 aliphatic rings. The third kappa shape index (κ3) is 5.11. The first-order valence-electron chi connectivity index (χ1n) is 9.92. The van der Waals surface area contributed by atoms with Crippen molar-refractivity contribution >= 4 is 73.1 Å². The number of nitrogens with two attached hydrogens (primary N) is 1. The van der Waals surface area contributed by atoms with Crippen LogP contribution in [-0.4, -0.2) is 37.5 Å². The number of hydrogen-bond donors (Lipinski definition) is 2. The lowest BCUT2D eigenvalue weighted by Crippen LogP contribution is -2.19. The van der Waals surface area contributed by atoms with Crippen molar-refractivity contribution in [1.82, 2.24) is 15.0 Å². The molecule has 0 saturated heterocycles. The molecule has 0 radical (unpaired) electrons. The maximum Gasteiger partial charge on any atom is 0.262 e. The smallest absolute Gasteiger partial charge is 0.262 e. The topological polar surface area (TPSA) is 122 Å². The van der Waals surface area contributed by atoms with Gasteiger partial charge < -0.3 is 9.88 Å². The largest absolute Gasteiger partial charge is 0.362 e. The van der Waals surface area contributed by atoms with Gasteiger partial charge in [0.2, 0.25) is 10.0 Å². The van der Waals surface area contributed by atoms with E-state index >= 15 is 0 Å². The van der Waals surface area contributed by atoms with Gasteiger partial charge in [-0.3, -0.25) is 4.79 Å². The molecule has 2 heterocycles. The van der Waals surface area contributed by atoms with Crippen LogP contribution in [0.15, 0.2) is 46.2 Å². The second-order valence-corrected chi connectivity index (χ2v) is 11.0. The number of fused-ring (bicyclic) bond motifs is 1.